The molecule has 1 aromatic carbocycles. The Morgan fingerprint density at radius 1 is 1.25 bits per heavy atom. The quantitative estimate of drug-likeness (QED) is 0.760. The van der Waals surface area contributed by atoms with Crippen molar-refractivity contribution < 1.29 is 13.9 Å². The van der Waals surface area contributed by atoms with E-state index in [1.807, 2.05) is 29.2 Å². The summed E-state index contributed by atoms with van der Waals surface area (Å²) in [6, 6.07) is 7.45. The fourth-order valence-corrected chi connectivity index (χ4v) is 3.13. The van der Waals surface area contributed by atoms with E-state index in [4.69, 9.17) is 9.15 Å². The second-order valence-electron chi connectivity index (χ2n) is 5.55. The summed E-state index contributed by atoms with van der Waals surface area (Å²) in [5, 5.41) is 8.44. The van der Waals surface area contributed by atoms with Gasteiger partial charge in [-0.05, 0) is 19.2 Å². The standard InChI is InChI=1S/C16H20N4O3S/c1-19-7-9-20(10-8-19)14(21)11-24-16-18-17-15(23-16)12-5-3-4-6-13(12)22-2/h3-6H,7-11H2,1-2H3. The molecule has 1 aliphatic heterocycles. The number of nitrogens with zero attached hydrogens (tertiary/aromatic N) is 4. The first kappa shape index (κ1) is 16.8. The molecule has 3 rings (SSSR count). The third-order valence-electron chi connectivity index (χ3n) is 3.92. The van der Waals surface area contributed by atoms with E-state index in [0.717, 1.165) is 31.7 Å². The van der Waals surface area contributed by atoms with Crippen LogP contribution in [0.25, 0.3) is 11.5 Å². The lowest BCUT2D eigenvalue weighted by Gasteiger charge is -2.32. The van der Waals surface area contributed by atoms with Crippen LogP contribution < -0.4 is 4.74 Å². The van der Waals surface area contributed by atoms with Gasteiger partial charge in [-0.2, -0.15) is 0 Å². The van der Waals surface area contributed by atoms with E-state index >= 15 is 0 Å². The van der Waals surface area contributed by atoms with Gasteiger partial charge in [-0.25, -0.2) is 0 Å². The summed E-state index contributed by atoms with van der Waals surface area (Å²) in [6.45, 7) is 3.36. The Hall–Kier alpha value is -2.06. The average Bonchev–Trinajstić information content (AvgIpc) is 3.09. The van der Waals surface area contributed by atoms with Gasteiger partial charge in [0.2, 0.25) is 5.91 Å². The smallest absolute Gasteiger partial charge is 0.277 e. The van der Waals surface area contributed by atoms with Crippen LogP contribution in [0.5, 0.6) is 5.75 Å². The van der Waals surface area contributed by atoms with E-state index in [0.29, 0.717) is 22.6 Å². The number of likely N-dealkylation sites (N-methyl/N-ethyl adjacent to an activating group) is 1. The summed E-state index contributed by atoms with van der Waals surface area (Å²) in [4.78, 5) is 16.3. The molecule has 1 fully saturated rings. The SMILES string of the molecule is COc1ccccc1-c1nnc(SCC(=O)N2CCN(C)CC2)o1. The molecule has 7 nitrogen and oxygen atoms in total. The normalized spacial score (nSPS) is 15.5. The van der Waals surface area contributed by atoms with E-state index < -0.39 is 0 Å². The fraction of sp³-hybridized carbons (Fsp3) is 0.438. The number of ether oxygens (including phenoxy) is 1. The summed E-state index contributed by atoms with van der Waals surface area (Å²) in [7, 11) is 3.66. The van der Waals surface area contributed by atoms with Crippen molar-refractivity contribution in [2.75, 3.05) is 46.1 Å². The van der Waals surface area contributed by atoms with Crippen molar-refractivity contribution in [2.45, 2.75) is 5.22 Å². The van der Waals surface area contributed by atoms with Crippen molar-refractivity contribution >= 4 is 17.7 Å². The van der Waals surface area contributed by atoms with Crippen molar-refractivity contribution in [1.82, 2.24) is 20.0 Å². The molecule has 0 atom stereocenters. The largest absolute Gasteiger partial charge is 0.496 e. The molecule has 8 heteroatoms. The van der Waals surface area contributed by atoms with Crippen LogP contribution in [0, 0.1) is 0 Å². The van der Waals surface area contributed by atoms with Gasteiger partial charge in [0.05, 0.1) is 18.4 Å². The van der Waals surface area contributed by atoms with Crippen molar-refractivity contribution in [3.63, 3.8) is 0 Å². The number of aromatic nitrogens is 2. The second kappa shape index (κ2) is 7.67. The molecule has 1 aromatic heterocycles. The van der Waals surface area contributed by atoms with E-state index in [-0.39, 0.29) is 5.91 Å². The number of methoxy groups -OCH3 is 1. The lowest BCUT2D eigenvalue weighted by molar-refractivity contribution is -0.129. The molecule has 0 aliphatic carbocycles. The summed E-state index contributed by atoms with van der Waals surface area (Å²) in [6.07, 6.45) is 0. The van der Waals surface area contributed by atoms with E-state index in [1.165, 1.54) is 11.8 Å². The van der Waals surface area contributed by atoms with Crippen LogP contribution in [0.3, 0.4) is 0 Å². The van der Waals surface area contributed by atoms with Crippen molar-refractivity contribution in [2.24, 2.45) is 0 Å². The zero-order chi connectivity index (χ0) is 16.9. The molecule has 2 heterocycles. The Morgan fingerprint density at radius 2 is 2.00 bits per heavy atom. The Bertz CT molecular complexity index is 698. The lowest BCUT2D eigenvalue weighted by Crippen LogP contribution is -2.47. The molecule has 24 heavy (non-hydrogen) atoms. The van der Waals surface area contributed by atoms with Crippen LogP contribution in [0.15, 0.2) is 33.9 Å². The first-order chi connectivity index (χ1) is 11.7. The van der Waals surface area contributed by atoms with Crippen LogP contribution in [0.4, 0.5) is 0 Å². The molecule has 0 unspecified atom stereocenters. The topological polar surface area (TPSA) is 71.7 Å². The maximum atomic E-state index is 12.2. The van der Waals surface area contributed by atoms with Crippen molar-refractivity contribution in [1.29, 1.82) is 0 Å². The van der Waals surface area contributed by atoms with Crippen LogP contribution in [0.1, 0.15) is 0 Å². The minimum absolute atomic E-state index is 0.102. The van der Waals surface area contributed by atoms with Crippen LogP contribution in [0.2, 0.25) is 0 Å². The van der Waals surface area contributed by atoms with Gasteiger partial charge in [0, 0.05) is 26.2 Å². The second-order valence-corrected chi connectivity index (χ2v) is 6.47. The van der Waals surface area contributed by atoms with Crippen molar-refractivity contribution in [3.8, 4) is 17.2 Å². The van der Waals surface area contributed by atoms with Crippen LogP contribution >= 0.6 is 11.8 Å². The Morgan fingerprint density at radius 3 is 2.75 bits per heavy atom. The minimum atomic E-state index is 0.102. The van der Waals surface area contributed by atoms with Crippen LogP contribution in [-0.4, -0.2) is 72.0 Å². The Labute approximate surface area is 145 Å². The first-order valence-electron chi connectivity index (χ1n) is 7.73. The number of para-hydroxylation sites is 1. The third-order valence-corrected chi connectivity index (χ3v) is 4.72. The number of carbonyl (C=O) groups excluding carboxylic acids is 1. The third kappa shape index (κ3) is 3.88. The summed E-state index contributed by atoms with van der Waals surface area (Å²) in [5.41, 5.74) is 0.741. The number of thioether (sulfide) groups is 1. The van der Waals surface area contributed by atoms with Crippen LogP contribution in [-0.2, 0) is 4.79 Å². The molecule has 0 N–H and O–H groups in total. The Balaban J connectivity index is 1.59. The summed E-state index contributed by atoms with van der Waals surface area (Å²) < 4.78 is 10.9. The molecule has 128 valence electrons. The summed E-state index contributed by atoms with van der Waals surface area (Å²) in [5.74, 6) is 1.47. The molecule has 1 aliphatic rings. The minimum Gasteiger partial charge on any atom is -0.496 e. The van der Waals surface area contributed by atoms with Gasteiger partial charge in [0.15, 0.2) is 0 Å². The highest BCUT2D eigenvalue weighted by atomic mass is 32.2. The predicted molar refractivity (Wildman–Crippen MR) is 91.1 cm³/mol. The molecule has 2 aromatic rings. The monoisotopic (exact) mass is 348 g/mol. The molecular formula is C16H20N4O3S. The lowest BCUT2D eigenvalue weighted by atomic mass is 10.2. The molecule has 1 saturated heterocycles. The molecule has 0 radical (unpaired) electrons. The van der Waals surface area contributed by atoms with Gasteiger partial charge < -0.3 is 19.0 Å². The van der Waals surface area contributed by atoms with E-state index in [2.05, 4.69) is 22.1 Å². The van der Waals surface area contributed by atoms with E-state index in [9.17, 15) is 4.79 Å². The number of piperazine rings is 1. The molecule has 0 bridgehead atoms. The molecule has 0 spiro atoms. The fourth-order valence-electron chi connectivity index (χ4n) is 2.47. The molecule has 1 amide bonds. The number of hydrogen-bond acceptors (Lipinski definition) is 7. The van der Waals surface area contributed by atoms with Gasteiger partial charge >= 0.3 is 0 Å². The molecular weight excluding hydrogens is 328 g/mol. The average molecular weight is 348 g/mol. The van der Waals surface area contributed by atoms with Gasteiger partial charge in [-0.3, -0.25) is 4.79 Å². The Kier molecular flexibility index (Phi) is 5.37. The molecule has 0 saturated carbocycles. The van der Waals surface area contributed by atoms with Gasteiger partial charge in [-0.1, -0.05) is 23.9 Å². The highest BCUT2D eigenvalue weighted by molar-refractivity contribution is 7.99. The zero-order valence-corrected chi connectivity index (χ0v) is 14.6. The maximum Gasteiger partial charge on any atom is 0.277 e. The number of hydrogen-bond donors (Lipinski definition) is 0. The maximum absolute atomic E-state index is 12.2. The zero-order valence-electron chi connectivity index (χ0n) is 13.8. The van der Waals surface area contributed by atoms with E-state index in [1.54, 1.807) is 7.11 Å². The highest BCUT2D eigenvalue weighted by Crippen LogP contribution is 2.30. The number of benzene rings is 1. The van der Waals surface area contributed by atoms with Crippen molar-refractivity contribution in [3.05, 3.63) is 24.3 Å². The number of amides is 1. The number of carbonyl (C=O) groups is 1. The number of rotatable bonds is 5. The van der Waals surface area contributed by atoms with Gasteiger partial charge in [0.1, 0.15) is 5.75 Å². The van der Waals surface area contributed by atoms with Gasteiger partial charge in [-0.15, -0.1) is 10.2 Å². The predicted octanol–water partition coefficient (Wildman–Crippen LogP) is 1.61. The first-order valence-corrected chi connectivity index (χ1v) is 8.72. The highest BCUT2D eigenvalue weighted by Gasteiger charge is 2.20. The summed E-state index contributed by atoms with van der Waals surface area (Å²) >= 11 is 1.27. The van der Waals surface area contributed by atoms with Gasteiger partial charge in [0.25, 0.3) is 11.1 Å².